The molecule has 0 radical (unpaired) electrons. The van der Waals surface area contributed by atoms with Crippen LogP contribution in [0.15, 0.2) is 22.6 Å². The zero-order chi connectivity index (χ0) is 11.0. The molecule has 0 amide bonds. The SMILES string of the molecule is Cc1ccc(O)c(C2=S(Cl)SN=C2Cl)c1. The van der Waals surface area contributed by atoms with Gasteiger partial charge in [-0.1, -0.05) is 23.2 Å². The maximum absolute atomic E-state index is 9.73. The van der Waals surface area contributed by atoms with Crippen LogP contribution in [-0.2, 0) is 0 Å². The van der Waals surface area contributed by atoms with Crippen molar-refractivity contribution in [1.82, 2.24) is 0 Å². The number of hydrogen-bond donors (Lipinski definition) is 1. The van der Waals surface area contributed by atoms with E-state index in [2.05, 4.69) is 4.40 Å². The molecular formula is C9H7Cl2NOS2. The highest BCUT2D eigenvalue weighted by Gasteiger charge is 2.21. The monoisotopic (exact) mass is 279 g/mol. The van der Waals surface area contributed by atoms with Gasteiger partial charge in [-0.15, -0.1) is 0 Å². The first-order valence-corrected chi connectivity index (χ1v) is 7.80. The highest BCUT2D eigenvalue weighted by molar-refractivity contribution is 8.93. The zero-order valence-electron chi connectivity index (χ0n) is 7.70. The van der Waals surface area contributed by atoms with E-state index < -0.39 is 8.73 Å². The molecule has 1 heterocycles. The average Bonchev–Trinajstić information content (AvgIpc) is 2.51. The van der Waals surface area contributed by atoms with Crippen molar-refractivity contribution in [2.75, 3.05) is 0 Å². The minimum Gasteiger partial charge on any atom is -0.507 e. The van der Waals surface area contributed by atoms with Gasteiger partial charge in [0.25, 0.3) is 0 Å². The van der Waals surface area contributed by atoms with E-state index in [1.165, 1.54) is 11.0 Å². The van der Waals surface area contributed by atoms with Crippen LogP contribution in [0.2, 0.25) is 0 Å². The molecule has 1 aliphatic rings. The lowest BCUT2D eigenvalue weighted by Gasteiger charge is -2.06. The molecule has 80 valence electrons. The lowest BCUT2D eigenvalue weighted by molar-refractivity contribution is 0.474. The van der Waals surface area contributed by atoms with Crippen molar-refractivity contribution in [3.05, 3.63) is 29.3 Å². The van der Waals surface area contributed by atoms with Crippen molar-refractivity contribution >= 4 is 52.0 Å². The second-order valence-electron chi connectivity index (χ2n) is 3.03. The van der Waals surface area contributed by atoms with E-state index in [1.54, 1.807) is 6.07 Å². The van der Waals surface area contributed by atoms with E-state index in [0.29, 0.717) is 15.6 Å². The molecule has 0 spiro atoms. The Morgan fingerprint density at radius 2 is 2.20 bits per heavy atom. The summed E-state index contributed by atoms with van der Waals surface area (Å²) in [5.74, 6) is 0.185. The van der Waals surface area contributed by atoms with Crippen LogP contribution < -0.4 is 0 Å². The number of hydrogen-bond acceptors (Lipinski definition) is 3. The largest absolute Gasteiger partial charge is 0.507 e. The van der Waals surface area contributed by atoms with Crippen LogP contribution >= 0.6 is 42.0 Å². The Morgan fingerprint density at radius 1 is 1.47 bits per heavy atom. The molecule has 1 atom stereocenters. The number of rotatable bonds is 1. The van der Waals surface area contributed by atoms with E-state index in [9.17, 15) is 5.11 Å². The minimum atomic E-state index is -0.600. The van der Waals surface area contributed by atoms with Gasteiger partial charge >= 0.3 is 0 Å². The number of phenolic OH excluding ortho intramolecular Hbond substituents is 1. The van der Waals surface area contributed by atoms with Crippen molar-refractivity contribution in [2.24, 2.45) is 4.40 Å². The summed E-state index contributed by atoms with van der Waals surface area (Å²) in [6.45, 7) is 1.95. The Kier molecular flexibility index (Phi) is 3.30. The number of aromatic hydroxyl groups is 1. The summed E-state index contributed by atoms with van der Waals surface area (Å²) >= 11 is 5.94. The Labute approximate surface area is 103 Å². The summed E-state index contributed by atoms with van der Waals surface area (Å²) in [4.78, 5) is 0.713. The van der Waals surface area contributed by atoms with Crippen LogP contribution in [-0.4, -0.2) is 15.1 Å². The number of halogens is 2. The van der Waals surface area contributed by atoms with Gasteiger partial charge in [-0.25, -0.2) is 0 Å². The highest BCUT2D eigenvalue weighted by Crippen LogP contribution is 2.46. The third kappa shape index (κ3) is 2.18. The predicted molar refractivity (Wildman–Crippen MR) is 71.3 cm³/mol. The van der Waals surface area contributed by atoms with Crippen molar-refractivity contribution in [3.8, 4) is 5.75 Å². The highest BCUT2D eigenvalue weighted by atomic mass is 35.7. The third-order valence-electron chi connectivity index (χ3n) is 1.93. The van der Waals surface area contributed by atoms with Crippen molar-refractivity contribution in [2.45, 2.75) is 6.92 Å². The molecule has 15 heavy (non-hydrogen) atoms. The molecule has 1 aromatic carbocycles. The molecule has 0 saturated carbocycles. The number of benzene rings is 1. The van der Waals surface area contributed by atoms with Gasteiger partial charge in [0.2, 0.25) is 0 Å². The van der Waals surface area contributed by atoms with E-state index in [-0.39, 0.29) is 5.75 Å². The van der Waals surface area contributed by atoms with Crippen molar-refractivity contribution in [3.63, 3.8) is 0 Å². The van der Waals surface area contributed by atoms with E-state index in [0.717, 1.165) is 5.56 Å². The molecule has 2 nitrogen and oxygen atoms in total. The summed E-state index contributed by atoms with van der Waals surface area (Å²) in [6, 6.07) is 5.33. The first-order chi connectivity index (χ1) is 7.09. The lowest BCUT2D eigenvalue weighted by Crippen LogP contribution is -2.06. The van der Waals surface area contributed by atoms with E-state index in [4.69, 9.17) is 22.3 Å². The quantitative estimate of drug-likeness (QED) is 0.481. The Hall–Kier alpha value is -0.160. The van der Waals surface area contributed by atoms with Gasteiger partial charge in [0, 0.05) is 5.56 Å². The zero-order valence-corrected chi connectivity index (χ0v) is 10.8. The molecule has 1 aliphatic heterocycles. The first-order valence-electron chi connectivity index (χ1n) is 4.08. The molecule has 6 heteroatoms. The first kappa shape index (κ1) is 11.3. The smallest absolute Gasteiger partial charge is 0.153 e. The Morgan fingerprint density at radius 3 is 2.80 bits per heavy atom. The fourth-order valence-electron chi connectivity index (χ4n) is 1.24. The van der Waals surface area contributed by atoms with Crippen LogP contribution in [0.3, 0.4) is 0 Å². The summed E-state index contributed by atoms with van der Waals surface area (Å²) < 4.78 is 3.98. The summed E-state index contributed by atoms with van der Waals surface area (Å²) in [5, 5.41) is 10.1. The molecule has 1 aromatic rings. The van der Waals surface area contributed by atoms with Gasteiger partial charge in [0.05, 0.1) is 15.8 Å². The van der Waals surface area contributed by atoms with Crippen LogP contribution in [0.25, 0.3) is 0 Å². The Bertz CT molecular complexity index is 485. The van der Waals surface area contributed by atoms with Crippen LogP contribution in [0, 0.1) is 6.92 Å². The maximum Gasteiger partial charge on any atom is 0.153 e. The van der Waals surface area contributed by atoms with Gasteiger partial charge in [0.15, 0.2) is 5.17 Å². The predicted octanol–water partition coefficient (Wildman–Crippen LogP) is 3.86. The third-order valence-corrected chi connectivity index (χ3v) is 5.62. The van der Waals surface area contributed by atoms with Crippen LogP contribution in [0.1, 0.15) is 11.1 Å². The molecule has 0 aromatic heterocycles. The fraction of sp³-hybridized carbons (Fsp3) is 0.111. The number of aryl methyl sites for hydroxylation is 1. The molecule has 0 saturated heterocycles. The standard InChI is InChI=1S/C9H7Cl2NOS2/c1-5-2-3-7(13)6(4-5)8-9(10)12-14-15(8)11/h2-4,13H,1H3. The van der Waals surface area contributed by atoms with Gasteiger partial charge < -0.3 is 5.11 Å². The van der Waals surface area contributed by atoms with Crippen molar-refractivity contribution in [1.29, 1.82) is 0 Å². The summed E-state index contributed by atoms with van der Waals surface area (Å²) in [6.07, 6.45) is 0. The van der Waals surface area contributed by atoms with Gasteiger partial charge in [-0.2, -0.15) is 4.40 Å². The van der Waals surface area contributed by atoms with Crippen LogP contribution in [0.5, 0.6) is 5.75 Å². The van der Waals surface area contributed by atoms with Gasteiger partial charge in [0.1, 0.15) is 5.75 Å². The average molecular weight is 280 g/mol. The maximum atomic E-state index is 9.73. The molecule has 0 bridgehead atoms. The number of nitrogens with zero attached hydrogens (tertiary/aromatic N) is 1. The van der Waals surface area contributed by atoms with E-state index >= 15 is 0 Å². The Balaban J connectivity index is 2.59. The molecule has 0 fully saturated rings. The normalized spacial score (nSPS) is 20.6. The molecule has 1 N–H and O–H groups in total. The number of phenols is 1. The fourth-order valence-corrected chi connectivity index (χ4v) is 4.80. The lowest BCUT2D eigenvalue weighted by atomic mass is 10.1. The molecule has 1 unspecified atom stereocenters. The molecular weight excluding hydrogens is 273 g/mol. The second-order valence-corrected chi connectivity index (χ2v) is 7.50. The summed E-state index contributed by atoms with van der Waals surface area (Å²) in [5.41, 5.74) is 1.72. The second kappa shape index (κ2) is 4.37. The topological polar surface area (TPSA) is 32.6 Å². The summed E-state index contributed by atoms with van der Waals surface area (Å²) in [7, 11) is 6.70. The minimum absolute atomic E-state index is 0.185. The molecule has 2 rings (SSSR count). The van der Waals surface area contributed by atoms with E-state index in [1.807, 2.05) is 19.1 Å². The van der Waals surface area contributed by atoms with Gasteiger partial charge in [-0.05, 0) is 38.5 Å². The van der Waals surface area contributed by atoms with Gasteiger partial charge in [-0.3, -0.25) is 0 Å². The van der Waals surface area contributed by atoms with Crippen molar-refractivity contribution < 1.29 is 5.11 Å². The molecule has 0 aliphatic carbocycles. The van der Waals surface area contributed by atoms with Crippen LogP contribution in [0.4, 0.5) is 0 Å².